The molecule has 1 heterocycles. The number of hydrogen-bond donors (Lipinski definition) is 3. The molecule has 2 aromatic carbocycles. The van der Waals surface area contributed by atoms with Crippen LogP contribution in [0.25, 0.3) is 0 Å². The second-order valence-corrected chi connectivity index (χ2v) is 7.58. The van der Waals surface area contributed by atoms with E-state index in [9.17, 15) is 4.79 Å². The van der Waals surface area contributed by atoms with Crippen LogP contribution in [0.1, 0.15) is 31.2 Å². The fourth-order valence-electron chi connectivity index (χ4n) is 3.42. The highest BCUT2D eigenvalue weighted by molar-refractivity contribution is 14.0. The van der Waals surface area contributed by atoms with Gasteiger partial charge in [-0.05, 0) is 42.7 Å². The summed E-state index contributed by atoms with van der Waals surface area (Å²) < 4.78 is 11.4. The van der Waals surface area contributed by atoms with Gasteiger partial charge in [-0.1, -0.05) is 18.6 Å². The average Bonchev–Trinajstić information content (AvgIpc) is 2.95. The summed E-state index contributed by atoms with van der Waals surface area (Å²) in [7, 11) is 1.73. The van der Waals surface area contributed by atoms with Gasteiger partial charge in [0.15, 0.2) is 17.5 Å². The minimum atomic E-state index is 0. The van der Waals surface area contributed by atoms with Gasteiger partial charge in [0, 0.05) is 43.4 Å². The Kier molecular flexibility index (Phi) is 8.39. The van der Waals surface area contributed by atoms with Crippen molar-refractivity contribution in [3.63, 3.8) is 0 Å². The Bertz CT molecular complexity index is 931. The van der Waals surface area contributed by atoms with Crippen LogP contribution >= 0.6 is 24.0 Å². The summed E-state index contributed by atoms with van der Waals surface area (Å²) in [6.45, 7) is 1.90. The molecule has 0 unspecified atom stereocenters. The Morgan fingerprint density at radius 2 is 1.77 bits per heavy atom. The highest BCUT2D eigenvalue weighted by Crippen LogP contribution is 2.32. The number of aliphatic imine (C=N–C) groups is 1. The summed E-state index contributed by atoms with van der Waals surface area (Å²) in [5.41, 5.74) is 2.76. The number of ether oxygens (including phenoxy) is 2. The zero-order chi connectivity index (χ0) is 20.8. The smallest absolute Gasteiger partial charge is 0.227 e. The molecule has 1 aliphatic heterocycles. The molecule has 0 atom stereocenters. The molecule has 0 spiro atoms. The van der Waals surface area contributed by atoms with Crippen molar-refractivity contribution in [1.29, 1.82) is 0 Å². The van der Waals surface area contributed by atoms with Gasteiger partial charge in [-0.2, -0.15) is 0 Å². The quantitative estimate of drug-likeness (QED) is 0.300. The number of fused-ring (bicyclic) bond motifs is 1. The lowest BCUT2D eigenvalue weighted by atomic mass is 9.85. The summed E-state index contributed by atoms with van der Waals surface area (Å²) in [6.07, 6.45) is 4.02. The highest BCUT2D eigenvalue weighted by atomic mass is 127. The van der Waals surface area contributed by atoms with Gasteiger partial charge in [0.2, 0.25) is 5.91 Å². The lowest BCUT2D eigenvalue weighted by Crippen LogP contribution is -2.30. The van der Waals surface area contributed by atoms with Gasteiger partial charge in [-0.25, -0.2) is 0 Å². The summed E-state index contributed by atoms with van der Waals surface area (Å²) in [5.74, 6) is 2.45. The number of nitrogens with zero attached hydrogens (tertiary/aromatic N) is 1. The first kappa shape index (κ1) is 23.2. The number of hydrogen-bond acceptors (Lipinski definition) is 4. The maximum absolute atomic E-state index is 12.2. The van der Waals surface area contributed by atoms with Crippen LogP contribution in [0.5, 0.6) is 11.5 Å². The molecule has 0 aromatic heterocycles. The molecule has 166 valence electrons. The predicted octanol–water partition coefficient (Wildman–Crippen LogP) is 4.39. The number of carbonyl (C=O) groups is 1. The normalized spacial score (nSPS) is 15.7. The first-order valence-corrected chi connectivity index (χ1v) is 10.5. The van der Waals surface area contributed by atoms with Crippen LogP contribution in [0.2, 0.25) is 0 Å². The summed E-state index contributed by atoms with van der Waals surface area (Å²) >= 11 is 0. The number of nitrogens with one attached hydrogen (secondary N) is 3. The fourth-order valence-corrected chi connectivity index (χ4v) is 3.42. The van der Waals surface area contributed by atoms with E-state index in [4.69, 9.17) is 9.47 Å². The molecule has 3 N–H and O–H groups in total. The first-order chi connectivity index (χ1) is 14.7. The maximum Gasteiger partial charge on any atom is 0.227 e. The van der Waals surface area contributed by atoms with Crippen LogP contribution in [-0.4, -0.2) is 32.1 Å². The Labute approximate surface area is 200 Å². The minimum Gasteiger partial charge on any atom is -0.490 e. The van der Waals surface area contributed by atoms with E-state index in [1.54, 1.807) is 7.05 Å². The van der Waals surface area contributed by atoms with Gasteiger partial charge >= 0.3 is 0 Å². The van der Waals surface area contributed by atoms with Gasteiger partial charge in [0.25, 0.3) is 0 Å². The third kappa shape index (κ3) is 6.25. The Morgan fingerprint density at radius 1 is 1.00 bits per heavy atom. The van der Waals surface area contributed by atoms with Crippen molar-refractivity contribution in [2.24, 2.45) is 10.9 Å². The average molecular weight is 536 g/mol. The summed E-state index contributed by atoms with van der Waals surface area (Å²) in [4.78, 5) is 16.5. The van der Waals surface area contributed by atoms with Crippen LogP contribution in [0.15, 0.2) is 47.5 Å². The van der Waals surface area contributed by atoms with E-state index in [0.29, 0.717) is 25.7 Å². The number of carbonyl (C=O) groups excluding carboxylic acids is 1. The predicted molar refractivity (Wildman–Crippen MR) is 134 cm³/mol. The largest absolute Gasteiger partial charge is 0.490 e. The van der Waals surface area contributed by atoms with E-state index in [1.807, 2.05) is 42.5 Å². The second-order valence-electron chi connectivity index (χ2n) is 7.58. The van der Waals surface area contributed by atoms with Crippen molar-refractivity contribution in [1.82, 2.24) is 5.32 Å². The zero-order valence-electron chi connectivity index (χ0n) is 17.6. The van der Waals surface area contributed by atoms with Crippen LogP contribution in [0.4, 0.5) is 11.4 Å². The minimum absolute atomic E-state index is 0. The maximum atomic E-state index is 12.2. The molecular formula is C23H29IN4O3. The third-order valence-electron chi connectivity index (χ3n) is 5.36. The Balaban J connectivity index is 0.00000272. The molecule has 2 aromatic rings. The molecule has 7 nitrogen and oxygen atoms in total. The molecule has 4 rings (SSSR count). The van der Waals surface area contributed by atoms with E-state index < -0.39 is 0 Å². The van der Waals surface area contributed by atoms with Crippen LogP contribution in [0.3, 0.4) is 0 Å². The van der Waals surface area contributed by atoms with Gasteiger partial charge in [-0.3, -0.25) is 9.79 Å². The standard InChI is InChI=1S/C23H28N4O3.HI/c1-24-23(27-19-9-10-20-21(14-19)30-12-4-11-29-20)25-15-16-5-2-8-18(13-16)26-22(28)17-6-3-7-17;/h2,5,8-10,13-14,17H,3-4,6-7,11-12,15H2,1H3,(H,26,28)(H2,24,25,27);1H. The molecule has 0 saturated heterocycles. The number of amides is 1. The molecule has 1 amide bonds. The van der Waals surface area contributed by atoms with Crippen molar-refractivity contribution in [3.05, 3.63) is 48.0 Å². The summed E-state index contributed by atoms with van der Waals surface area (Å²) in [6, 6.07) is 13.7. The van der Waals surface area contributed by atoms with Crippen LogP contribution < -0.4 is 25.4 Å². The van der Waals surface area contributed by atoms with E-state index >= 15 is 0 Å². The van der Waals surface area contributed by atoms with Crippen molar-refractivity contribution < 1.29 is 14.3 Å². The van der Waals surface area contributed by atoms with Crippen molar-refractivity contribution in [3.8, 4) is 11.5 Å². The van der Waals surface area contributed by atoms with E-state index in [2.05, 4.69) is 20.9 Å². The van der Waals surface area contributed by atoms with Gasteiger partial charge in [0.05, 0.1) is 13.2 Å². The van der Waals surface area contributed by atoms with Crippen molar-refractivity contribution in [2.45, 2.75) is 32.2 Å². The van der Waals surface area contributed by atoms with E-state index in [0.717, 1.165) is 54.1 Å². The fraction of sp³-hybridized carbons (Fsp3) is 0.391. The van der Waals surface area contributed by atoms with Crippen LogP contribution in [-0.2, 0) is 11.3 Å². The molecule has 31 heavy (non-hydrogen) atoms. The molecule has 0 bridgehead atoms. The topological polar surface area (TPSA) is 84.0 Å². The van der Waals surface area contributed by atoms with Gasteiger partial charge < -0.3 is 25.4 Å². The molecule has 2 aliphatic rings. The van der Waals surface area contributed by atoms with Gasteiger partial charge in [0.1, 0.15) is 0 Å². The number of guanidine groups is 1. The SMILES string of the molecule is CN=C(NCc1cccc(NC(=O)C2CCC2)c1)Nc1ccc2c(c1)OCCCO2.I. The summed E-state index contributed by atoms with van der Waals surface area (Å²) in [5, 5.41) is 9.61. The van der Waals surface area contributed by atoms with Crippen molar-refractivity contribution in [2.75, 3.05) is 30.9 Å². The Hall–Kier alpha value is -2.49. The number of benzene rings is 2. The van der Waals surface area contributed by atoms with E-state index in [1.165, 1.54) is 0 Å². The number of anilines is 2. The van der Waals surface area contributed by atoms with Crippen molar-refractivity contribution >= 4 is 47.2 Å². The first-order valence-electron chi connectivity index (χ1n) is 10.5. The second kappa shape index (κ2) is 11.2. The molecule has 8 heteroatoms. The number of rotatable bonds is 5. The number of halogens is 1. The monoisotopic (exact) mass is 536 g/mol. The zero-order valence-corrected chi connectivity index (χ0v) is 20.0. The van der Waals surface area contributed by atoms with Gasteiger partial charge in [-0.15, -0.1) is 24.0 Å². The Morgan fingerprint density at radius 3 is 2.52 bits per heavy atom. The molecule has 1 saturated carbocycles. The lowest BCUT2D eigenvalue weighted by Gasteiger charge is -2.24. The van der Waals surface area contributed by atoms with Crippen LogP contribution in [0, 0.1) is 5.92 Å². The molecule has 1 fully saturated rings. The molecular weight excluding hydrogens is 507 g/mol. The van der Waals surface area contributed by atoms with E-state index in [-0.39, 0.29) is 35.8 Å². The third-order valence-corrected chi connectivity index (χ3v) is 5.36. The molecule has 1 aliphatic carbocycles. The highest BCUT2D eigenvalue weighted by Gasteiger charge is 2.25. The molecule has 0 radical (unpaired) electrons. The lowest BCUT2D eigenvalue weighted by molar-refractivity contribution is -0.122.